The van der Waals surface area contributed by atoms with E-state index in [0.29, 0.717) is 12.2 Å². The lowest BCUT2D eigenvalue weighted by molar-refractivity contribution is -0.121. The van der Waals surface area contributed by atoms with Crippen LogP contribution >= 0.6 is 11.8 Å². The number of aryl methyl sites for hydroxylation is 2. The molecule has 1 aliphatic rings. The van der Waals surface area contributed by atoms with Gasteiger partial charge in [0.1, 0.15) is 5.75 Å². The minimum Gasteiger partial charge on any atom is -0.508 e. The van der Waals surface area contributed by atoms with Crippen LogP contribution in [0.5, 0.6) is 5.75 Å². The van der Waals surface area contributed by atoms with E-state index in [1.807, 2.05) is 12.1 Å². The van der Waals surface area contributed by atoms with Crippen LogP contribution in [0, 0.1) is 13.8 Å². The zero-order chi connectivity index (χ0) is 17.1. The molecule has 0 saturated carbocycles. The molecule has 1 aliphatic carbocycles. The smallest absolute Gasteiger partial charge is 0.221 e. The summed E-state index contributed by atoms with van der Waals surface area (Å²) in [5.74, 6) is 1.19. The summed E-state index contributed by atoms with van der Waals surface area (Å²) in [6.45, 7) is 4.22. The highest BCUT2D eigenvalue weighted by Gasteiger charge is 2.25. The van der Waals surface area contributed by atoms with Gasteiger partial charge >= 0.3 is 0 Å². The molecular weight excluding hydrogens is 318 g/mol. The maximum atomic E-state index is 12.2. The number of carbonyl (C=O) groups excluding carboxylic acids is 1. The van der Waals surface area contributed by atoms with Gasteiger partial charge in [-0.15, -0.1) is 11.8 Å². The Morgan fingerprint density at radius 1 is 1.25 bits per heavy atom. The SMILES string of the molecule is Cc1ccc(SCCC(=O)NC2CCc3c(O)cccc32)cc1C. The maximum absolute atomic E-state index is 12.2. The summed E-state index contributed by atoms with van der Waals surface area (Å²) in [7, 11) is 0. The summed E-state index contributed by atoms with van der Waals surface area (Å²) in [6, 6.07) is 12.0. The maximum Gasteiger partial charge on any atom is 0.221 e. The van der Waals surface area contributed by atoms with Crippen molar-refractivity contribution in [3.8, 4) is 5.75 Å². The normalized spacial score (nSPS) is 16.0. The Morgan fingerprint density at radius 3 is 2.88 bits per heavy atom. The van der Waals surface area contributed by atoms with Crippen LogP contribution in [0.15, 0.2) is 41.3 Å². The number of carbonyl (C=O) groups is 1. The van der Waals surface area contributed by atoms with Crippen molar-refractivity contribution in [1.82, 2.24) is 5.32 Å². The highest BCUT2D eigenvalue weighted by molar-refractivity contribution is 7.99. The summed E-state index contributed by atoms with van der Waals surface area (Å²) < 4.78 is 0. The number of hydrogen-bond acceptors (Lipinski definition) is 3. The molecule has 0 saturated heterocycles. The summed E-state index contributed by atoms with van der Waals surface area (Å²) in [5, 5.41) is 13.0. The van der Waals surface area contributed by atoms with Crippen LogP contribution in [0.1, 0.15) is 41.1 Å². The number of phenols is 1. The van der Waals surface area contributed by atoms with E-state index in [1.165, 1.54) is 16.0 Å². The monoisotopic (exact) mass is 341 g/mol. The summed E-state index contributed by atoms with van der Waals surface area (Å²) in [6.07, 6.45) is 2.19. The molecule has 4 heteroatoms. The third-order valence-electron chi connectivity index (χ3n) is 4.66. The molecule has 126 valence electrons. The van der Waals surface area contributed by atoms with Crippen molar-refractivity contribution in [2.75, 3.05) is 5.75 Å². The molecule has 1 amide bonds. The number of hydrogen-bond donors (Lipinski definition) is 2. The minimum absolute atomic E-state index is 0.0335. The first-order valence-corrected chi connectivity index (χ1v) is 9.33. The third-order valence-corrected chi connectivity index (χ3v) is 5.65. The number of thioether (sulfide) groups is 1. The molecule has 0 aliphatic heterocycles. The molecule has 2 N–H and O–H groups in total. The largest absolute Gasteiger partial charge is 0.508 e. The van der Waals surface area contributed by atoms with E-state index in [-0.39, 0.29) is 11.9 Å². The highest BCUT2D eigenvalue weighted by Crippen LogP contribution is 2.36. The molecule has 2 aromatic carbocycles. The van der Waals surface area contributed by atoms with E-state index in [2.05, 4.69) is 37.4 Å². The first-order valence-electron chi connectivity index (χ1n) is 8.35. The summed E-state index contributed by atoms with van der Waals surface area (Å²) in [4.78, 5) is 13.4. The van der Waals surface area contributed by atoms with Gasteiger partial charge in [0.05, 0.1) is 6.04 Å². The molecule has 0 spiro atoms. The van der Waals surface area contributed by atoms with Gasteiger partial charge in [0, 0.05) is 17.1 Å². The Hall–Kier alpha value is -1.94. The van der Waals surface area contributed by atoms with Crippen LogP contribution < -0.4 is 5.32 Å². The zero-order valence-electron chi connectivity index (χ0n) is 14.1. The fourth-order valence-electron chi connectivity index (χ4n) is 3.12. The van der Waals surface area contributed by atoms with Gasteiger partial charge in [-0.05, 0) is 67.1 Å². The Bertz CT molecular complexity index is 757. The van der Waals surface area contributed by atoms with Gasteiger partial charge in [0.25, 0.3) is 0 Å². The van der Waals surface area contributed by atoms with Crippen LogP contribution in [0.3, 0.4) is 0 Å². The van der Waals surface area contributed by atoms with E-state index in [1.54, 1.807) is 17.8 Å². The predicted octanol–water partition coefficient (Wildman–Crippen LogP) is 4.29. The van der Waals surface area contributed by atoms with E-state index in [4.69, 9.17) is 0 Å². The Kier molecular flexibility index (Phi) is 5.14. The molecule has 3 nitrogen and oxygen atoms in total. The van der Waals surface area contributed by atoms with Crippen molar-refractivity contribution < 1.29 is 9.90 Å². The number of phenolic OH excluding ortho intramolecular Hbond substituents is 1. The average Bonchev–Trinajstić information content (AvgIpc) is 2.95. The average molecular weight is 341 g/mol. The van der Waals surface area contributed by atoms with Gasteiger partial charge in [0.15, 0.2) is 0 Å². The van der Waals surface area contributed by atoms with Crippen molar-refractivity contribution in [2.45, 2.75) is 44.0 Å². The second kappa shape index (κ2) is 7.31. The van der Waals surface area contributed by atoms with Crippen LogP contribution in [0.4, 0.5) is 0 Å². The van der Waals surface area contributed by atoms with Crippen molar-refractivity contribution >= 4 is 17.7 Å². The number of rotatable bonds is 5. The van der Waals surface area contributed by atoms with Gasteiger partial charge in [-0.1, -0.05) is 18.2 Å². The van der Waals surface area contributed by atoms with E-state index >= 15 is 0 Å². The van der Waals surface area contributed by atoms with Gasteiger partial charge in [-0.3, -0.25) is 4.79 Å². The fourth-order valence-corrected chi connectivity index (χ4v) is 4.06. The summed E-state index contributed by atoms with van der Waals surface area (Å²) >= 11 is 1.72. The zero-order valence-corrected chi connectivity index (χ0v) is 15.0. The first kappa shape index (κ1) is 16.9. The number of fused-ring (bicyclic) bond motifs is 1. The molecule has 3 rings (SSSR count). The minimum atomic E-state index is 0.0335. The van der Waals surface area contributed by atoms with Gasteiger partial charge < -0.3 is 10.4 Å². The molecule has 2 aromatic rings. The number of aromatic hydroxyl groups is 1. The molecule has 0 fully saturated rings. The molecule has 0 bridgehead atoms. The number of nitrogens with one attached hydrogen (secondary N) is 1. The van der Waals surface area contributed by atoms with Crippen LogP contribution in [-0.2, 0) is 11.2 Å². The van der Waals surface area contributed by atoms with Gasteiger partial charge in [-0.25, -0.2) is 0 Å². The third kappa shape index (κ3) is 3.75. The molecule has 1 unspecified atom stereocenters. The Labute approximate surface area is 147 Å². The molecular formula is C20H23NO2S. The Balaban J connectivity index is 1.50. The van der Waals surface area contributed by atoms with Crippen molar-refractivity contribution in [2.24, 2.45) is 0 Å². The van der Waals surface area contributed by atoms with E-state index in [9.17, 15) is 9.90 Å². The Morgan fingerprint density at radius 2 is 2.08 bits per heavy atom. The highest BCUT2D eigenvalue weighted by atomic mass is 32.2. The number of amides is 1. The van der Waals surface area contributed by atoms with Gasteiger partial charge in [-0.2, -0.15) is 0 Å². The van der Waals surface area contributed by atoms with E-state index in [0.717, 1.165) is 29.7 Å². The van der Waals surface area contributed by atoms with Crippen LogP contribution in [0.25, 0.3) is 0 Å². The van der Waals surface area contributed by atoms with E-state index < -0.39 is 0 Å². The lowest BCUT2D eigenvalue weighted by Crippen LogP contribution is -2.27. The quantitative estimate of drug-likeness (QED) is 0.798. The lowest BCUT2D eigenvalue weighted by Gasteiger charge is -2.14. The van der Waals surface area contributed by atoms with Crippen LogP contribution in [-0.4, -0.2) is 16.8 Å². The van der Waals surface area contributed by atoms with Crippen molar-refractivity contribution in [1.29, 1.82) is 0 Å². The lowest BCUT2D eigenvalue weighted by atomic mass is 10.1. The van der Waals surface area contributed by atoms with Gasteiger partial charge in [0.2, 0.25) is 5.91 Å². The van der Waals surface area contributed by atoms with Crippen molar-refractivity contribution in [3.63, 3.8) is 0 Å². The second-order valence-corrected chi connectivity index (χ2v) is 7.52. The molecule has 0 radical (unpaired) electrons. The fraction of sp³-hybridized carbons (Fsp3) is 0.350. The van der Waals surface area contributed by atoms with Crippen LogP contribution in [0.2, 0.25) is 0 Å². The first-order chi connectivity index (χ1) is 11.5. The standard InChI is InChI=1S/C20H23NO2S/c1-13-6-7-15(12-14(13)2)24-11-10-20(23)21-18-9-8-17-16(18)4-3-5-19(17)22/h3-7,12,18,22H,8-11H2,1-2H3,(H,21,23). The molecule has 24 heavy (non-hydrogen) atoms. The molecule has 0 aromatic heterocycles. The molecule has 1 atom stereocenters. The predicted molar refractivity (Wildman–Crippen MR) is 98.6 cm³/mol. The number of benzene rings is 2. The summed E-state index contributed by atoms with van der Waals surface area (Å²) in [5.41, 5.74) is 4.62. The topological polar surface area (TPSA) is 49.3 Å². The molecule has 0 heterocycles. The second-order valence-electron chi connectivity index (χ2n) is 6.35. The van der Waals surface area contributed by atoms with Crippen molar-refractivity contribution in [3.05, 3.63) is 58.7 Å².